The lowest BCUT2D eigenvalue weighted by Gasteiger charge is -2.34. The van der Waals surface area contributed by atoms with Crippen LogP contribution in [0.5, 0.6) is 11.6 Å². The Morgan fingerprint density at radius 3 is 2.62 bits per heavy atom. The van der Waals surface area contributed by atoms with Crippen molar-refractivity contribution in [1.29, 1.82) is 0 Å². The van der Waals surface area contributed by atoms with Crippen molar-refractivity contribution in [2.24, 2.45) is 11.3 Å². The van der Waals surface area contributed by atoms with Gasteiger partial charge in [-0.1, -0.05) is 33.6 Å². The lowest BCUT2D eigenvalue weighted by molar-refractivity contribution is -0.150. The first-order valence-electron chi connectivity index (χ1n) is 14.0. The Bertz CT molecular complexity index is 1290. The maximum absolute atomic E-state index is 13.8. The molecule has 5 rings (SSSR count). The monoisotopic (exact) mass is 554 g/mol. The number of amides is 2. The van der Waals surface area contributed by atoms with Gasteiger partial charge in [-0.25, -0.2) is 19.6 Å². The molecule has 2 N–H and O–H groups in total. The van der Waals surface area contributed by atoms with E-state index in [4.69, 9.17) is 24.2 Å². The molecule has 1 aromatic carbocycles. The van der Waals surface area contributed by atoms with Gasteiger partial charge < -0.3 is 29.5 Å². The summed E-state index contributed by atoms with van der Waals surface area (Å²) in [5, 5.41) is 12.7. The molecule has 1 saturated carbocycles. The predicted octanol–water partition coefficient (Wildman–Crippen LogP) is 3.72. The third-order valence-electron chi connectivity index (χ3n) is 8.00. The summed E-state index contributed by atoms with van der Waals surface area (Å²) < 4.78 is 17.3. The van der Waals surface area contributed by atoms with Crippen LogP contribution in [0.1, 0.15) is 65.0 Å². The van der Waals surface area contributed by atoms with Crippen LogP contribution in [0.4, 0.5) is 4.79 Å². The number of carboxylic acid groups (broad SMARTS) is 1. The van der Waals surface area contributed by atoms with Crippen molar-refractivity contribution in [1.82, 2.24) is 20.2 Å². The zero-order chi connectivity index (χ0) is 28.6. The number of aliphatic carboxylic acids is 1. The maximum atomic E-state index is 13.8. The van der Waals surface area contributed by atoms with E-state index in [0.29, 0.717) is 35.2 Å². The van der Waals surface area contributed by atoms with Crippen LogP contribution in [0.25, 0.3) is 11.0 Å². The fourth-order valence-electron chi connectivity index (χ4n) is 5.60. The minimum absolute atomic E-state index is 0.0427. The standard InChI is InChI=1S/C29H38N4O7/c1-29(2,3)24-26(34)33-15-18(14-22(33)27(35)36)39-25-20(30-19-11-10-17(38-4)13-21(19)31-25)9-7-5-6-8-16-12-23(16)40-28(37)32-24/h10-11,13,16,18,22-24H,5-9,12,14-15H2,1-4H3,(H,32,37)(H,35,36)/t16?,18-,22+,23-,24?/m1/s1. The van der Waals surface area contributed by atoms with Crippen LogP contribution >= 0.6 is 0 Å². The second-order valence-electron chi connectivity index (χ2n) is 12.1. The molecule has 2 aliphatic heterocycles. The van der Waals surface area contributed by atoms with Crippen molar-refractivity contribution in [3.05, 3.63) is 23.9 Å². The van der Waals surface area contributed by atoms with Crippen LogP contribution < -0.4 is 14.8 Å². The summed E-state index contributed by atoms with van der Waals surface area (Å²) in [5.74, 6) is -0.301. The van der Waals surface area contributed by atoms with Crippen molar-refractivity contribution < 1.29 is 33.7 Å². The molecular formula is C29H38N4O7. The molecule has 1 aliphatic carbocycles. The number of fused-ring (bicyclic) bond motifs is 5. The average Bonchev–Trinajstić information content (AvgIpc) is 3.48. The number of alkyl carbamates (subject to hydrolysis) is 1. The van der Waals surface area contributed by atoms with Crippen LogP contribution in [-0.4, -0.2) is 75.9 Å². The van der Waals surface area contributed by atoms with Crippen molar-refractivity contribution in [3.8, 4) is 11.6 Å². The van der Waals surface area contributed by atoms with E-state index in [1.165, 1.54) is 4.90 Å². The smallest absolute Gasteiger partial charge is 0.408 e. The van der Waals surface area contributed by atoms with E-state index in [2.05, 4.69) is 5.32 Å². The third kappa shape index (κ3) is 6.08. The van der Waals surface area contributed by atoms with E-state index in [1.54, 1.807) is 13.2 Å². The van der Waals surface area contributed by atoms with Gasteiger partial charge in [0.05, 0.1) is 24.7 Å². The number of carbonyl (C=O) groups excluding carboxylic acids is 2. The fraction of sp³-hybridized carbons (Fsp3) is 0.621. The summed E-state index contributed by atoms with van der Waals surface area (Å²) in [7, 11) is 1.58. The number of nitrogens with zero attached hydrogens (tertiary/aromatic N) is 3. The number of aromatic nitrogens is 2. The van der Waals surface area contributed by atoms with E-state index in [1.807, 2.05) is 32.9 Å². The van der Waals surface area contributed by atoms with Crippen LogP contribution in [0.3, 0.4) is 0 Å². The van der Waals surface area contributed by atoms with Gasteiger partial charge in [-0.05, 0) is 49.1 Å². The molecule has 40 heavy (non-hydrogen) atoms. The zero-order valence-corrected chi connectivity index (χ0v) is 23.5. The topological polar surface area (TPSA) is 140 Å². The molecule has 2 aromatic rings. The van der Waals surface area contributed by atoms with E-state index >= 15 is 0 Å². The van der Waals surface area contributed by atoms with Gasteiger partial charge in [0.25, 0.3) is 0 Å². The lowest BCUT2D eigenvalue weighted by atomic mass is 9.85. The molecule has 2 bridgehead atoms. The first-order chi connectivity index (χ1) is 19.0. The Kier molecular flexibility index (Phi) is 7.74. The van der Waals surface area contributed by atoms with Crippen LogP contribution in [0.15, 0.2) is 18.2 Å². The number of methoxy groups -OCH3 is 1. The summed E-state index contributed by atoms with van der Waals surface area (Å²) in [4.78, 5) is 49.7. The highest BCUT2D eigenvalue weighted by molar-refractivity contribution is 5.90. The minimum Gasteiger partial charge on any atom is -0.497 e. The predicted molar refractivity (Wildman–Crippen MR) is 145 cm³/mol. The third-order valence-corrected chi connectivity index (χ3v) is 8.00. The summed E-state index contributed by atoms with van der Waals surface area (Å²) in [6.07, 6.45) is 3.97. The number of carboxylic acids is 1. The summed E-state index contributed by atoms with van der Waals surface area (Å²) in [6.45, 7) is 5.52. The molecule has 3 aliphatic rings. The number of nitrogens with one attached hydrogen (secondary N) is 1. The molecule has 5 atom stereocenters. The highest BCUT2D eigenvalue weighted by Gasteiger charge is 2.47. The molecule has 2 fully saturated rings. The van der Waals surface area contributed by atoms with E-state index < -0.39 is 41.6 Å². The second-order valence-corrected chi connectivity index (χ2v) is 12.1. The van der Waals surface area contributed by atoms with Crippen molar-refractivity contribution in [3.63, 3.8) is 0 Å². The van der Waals surface area contributed by atoms with Crippen LogP contribution in [-0.2, 0) is 20.7 Å². The fourth-order valence-corrected chi connectivity index (χ4v) is 5.60. The minimum atomic E-state index is -1.13. The molecule has 3 heterocycles. The van der Waals surface area contributed by atoms with Gasteiger partial charge >= 0.3 is 12.1 Å². The van der Waals surface area contributed by atoms with Gasteiger partial charge in [0.1, 0.15) is 35.7 Å². The van der Waals surface area contributed by atoms with E-state index in [-0.39, 0.29) is 19.1 Å². The molecule has 11 heteroatoms. The number of benzene rings is 1. The Morgan fingerprint density at radius 2 is 1.90 bits per heavy atom. The number of hydrogen-bond donors (Lipinski definition) is 2. The first kappa shape index (κ1) is 27.9. The molecule has 2 unspecified atom stereocenters. The van der Waals surface area contributed by atoms with Crippen molar-refractivity contribution >= 4 is 29.0 Å². The zero-order valence-electron chi connectivity index (χ0n) is 23.5. The second kappa shape index (κ2) is 11.1. The molecule has 0 radical (unpaired) electrons. The Balaban J connectivity index is 1.48. The van der Waals surface area contributed by atoms with E-state index in [9.17, 15) is 19.5 Å². The summed E-state index contributed by atoms with van der Waals surface area (Å²) >= 11 is 0. The normalized spacial score (nSPS) is 27.8. The number of carbonyl (C=O) groups is 3. The van der Waals surface area contributed by atoms with Gasteiger partial charge in [0, 0.05) is 12.5 Å². The first-order valence-corrected chi connectivity index (χ1v) is 14.0. The molecule has 1 saturated heterocycles. The summed E-state index contributed by atoms with van der Waals surface area (Å²) in [6, 6.07) is 3.40. The number of rotatable bonds is 2. The largest absolute Gasteiger partial charge is 0.497 e. The van der Waals surface area contributed by atoms with Gasteiger partial charge in [-0.2, -0.15) is 0 Å². The van der Waals surface area contributed by atoms with Crippen molar-refractivity contribution in [2.75, 3.05) is 13.7 Å². The maximum Gasteiger partial charge on any atom is 0.408 e. The van der Waals surface area contributed by atoms with E-state index in [0.717, 1.165) is 37.6 Å². The Morgan fingerprint density at radius 1 is 1.10 bits per heavy atom. The van der Waals surface area contributed by atoms with Gasteiger partial charge in [0.2, 0.25) is 11.8 Å². The summed E-state index contributed by atoms with van der Waals surface area (Å²) in [5.41, 5.74) is 1.36. The van der Waals surface area contributed by atoms with Crippen molar-refractivity contribution in [2.45, 2.75) is 90.0 Å². The Labute approximate surface area is 233 Å². The highest BCUT2D eigenvalue weighted by Crippen LogP contribution is 2.39. The van der Waals surface area contributed by atoms with Crippen LogP contribution in [0.2, 0.25) is 0 Å². The van der Waals surface area contributed by atoms with Gasteiger partial charge in [0.15, 0.2) is 0 Å². The van der Waals surface area contributed by atoms with Crippen LogP contribution in [0, 0.1) is 11.3 Å². The van der Waals surface area contributed by atoms with Gasteiger partial charge in [-0.3, -0.25) is 4.79 Å². The number of ether oxygens (including phenoxy) is 3. The molecule has 11 nitrogen and oxygen atoms in total. The number of hydrogen-bond acceptors (Lipinski definition) is 8. The highest BCUT2D eigenvalue weighted by atomic mass is 16.6. The molecule has 216 valence electrons. The lowest BCUT2D eigenvalue weighted by Crippen LogP contribution is -2.57. The van der Waals surface area contributed by atoms with Gasteiger partial charge in [-0.15, -0.1) is 0 Å². The number of aryl methyl sites for hydroxylation is 1. The SMILES string of the molecule is COc1ccc2nc3c(nc2c1)O[C@@H]1C[C@@H](C(=O)O)N(C1)C(=O)C(C(C)(C)C)NC(=O)O[C@@H]1CC1CCCCC3. The molecule has 1 aromatic heterocycles. The average molecular weight is 555 g/mol. The Hall–Kier alpha value is -3.63. The molecule has 2 amide bonds. The molecule has 0 spiro atoms. The molecular weight excluding hydrogens is 516 g/mol. The quantitative estimate of drug-likeness (QED) is 0.568.